The lowest BCUT2D eigenvalue weighted by Gasteiger charge is -2.37. The van der Waals surface area contributed by atoms with Crippen LogP contribution in [0.5, 0.6) is 23.0 Å². The fourth-order valence-electron chi connectivity index (χ4n) is 13.9. The number of aromatic amines is 2. The van der Waals surface area contributed by atoms with Gasteiger partial charge < -0.3 is 67.6 Å². The average Bonchev–Trinajstić information content (AvgIpc) is 0.759. The highest BCUT2D eigenvalue weighted by atomic mass is 35.5. The lowest BCUT2D eigenvalue weighted by molar-refractivity contribution is 0.0627. The lowest BCUT2D eigenvalue weighted by Crippen LogP contribution is -2.46. The molecule has 0 bridgehead atoms. The van der Waals surface area contributed by atoms with Crippen molar-refractivity contribution in [3.63, 3.8) is 0 Å². The minimum absolute atomic E-state index is 0.0112. The van der Waals surface area contributed by atoms with Crippen LogP contribution in [0.4, 0.5) is 0 Å². The molecule has 130 heavy (non-hydrogen) atoms. The first-order valence-electron chi connectivity index (χ1n) is 42.1. The number of hydrogen-bond donors (Lipinski definition) is 4. The van der Waals surface area contributed by atoms with Crippen molar-refractivity contribution >= 4 is 125 Å². The van der Waals surface area contributed by atoms with Crippen LogP contribution in [-0.4, -0.2) is 164 Å². The first kappa shape index (κ1) is 102. The zero-order chi connectivity index (χ0) is 94.8. The van der Waals surface area contributed by atoms with Crippen molar-refractivity contribution in [3.8, 4) is 23.0 Å². The standard InChI is InChI=1S/C30H39Cl2N3O4Si.C24H25Cl2N3O4.C24H23Cl2N3O3.C17H17Cl2N3O3/c1-20(2)35(16-17-39-40(6,7)30(3,4)5)29(37)26-27(38-19-21-12-9-8-10-13-21)28(36)34-25(33-26)18-22-23(31)14-11-15-24(22)32;1-15(2)29(11-12-30)24(32)21-22(33-14-16-7-4-3-5-8-16)23(31)28-20(27-21)13-17-18(25)9-6-10-19(17)26;1-15(2)28-11-12-29-20(13-17-18(25)9-6-10-19(17)26)27-23(30)22(21(29)24(28)31)32-14-16-7-4-3-5-8-16;1-9(2)21-6-7-22-13(8-10-11(18)4-3-5-12(10)19)20-16(24)15(23)14(22)17(21)25/h8-15,20H,16-19H2,1-7H3,(H,33,34,36);3-10,15,30H,11-14H2,1-2H3,(H,27,28,31);3-10,15H,11-14H2,1-2H3;3-5,9,23H,6-8H2,1-2H3. The number of nitrogens with one attached hydrogen (secondary N) is 2. The Labute approximate surface area is 795 Å². The van der Waals surface area contributed by atoms with Gasteiger partial charge in [-0.25, -0.2) is 9.97 Å². The number of nitrogens with zero attached hydrogens (tertiary/aromatic N) is 10. The van der Waals surface area contributed by atoms with Crippen molar-refractivity contribution in [2.45, 2.75) is 177 Å². The first-order valence-corrected chi connectivity index (χ1v) is 48.1. The van der Waals surface area contributed by atoms with Gasteiger partial charge in [-0.2, -0.15) is 9.97 Å². The van der Waals surface area contributed by atoms with E-state index in [9.17, 15) is 48.6 Å². The van der Waals surface area contributed by atoms with Crippen LogP contribution in [0.15, 0.2) is 183 Å². The van der Waals surface area contributed by atoms with E-state index in [-0.39, 0.29) is 151 Å². The van der Waals surface area contributed by atoms with E-state index < -0.39 is 48.1 Å². The van der Waals surface area contributed by atoms with Crippen molar-refractivity contribution in [2.24, 2.45) is 0 Å². The molecule has 2 aliphatic rings. The minimum atomic E-state index is -2.01. The van der Waals surface area contributed by atoms with Crippen LogP contribution >= 0.6 is 92.8 Å². The zero-order valence-electron chi connectivity index (χ0n) is 74.3. The Hall–Kier alpha value is -10.4. The molecule has 26 nitrogen and oxygen atoms in total. The second-order valence-electron chi connectivity index (χ2n) is 33.3. The number of hydrogen-bond acceptors (Lipinski definition) is 18. The molecule has 4 N–H and O–H groups in total. The molecule has 688 valence electrons. The number of H-pyrrole nitrogens is 2. The highest BCUT2D eigenvalue weighted by Gasteiger charge is 2.39. The number of aliphatic hydroxyl groups is 1. The maximum absolute atomic E-state index is 14.0. The molecule has 2 aliphatic heterocycles. The van der Waals surface area contributed by atoms with Gasteiger partial charge in [0.2, 0.25) is 23.0 Å². The summed E-state index contributed by atoms with van der Waals surface area (Å²) in [6.07, 6.45) is 0.683. The summed E-state index contributed by atoms with van der Waals surface area (Å²) < 4.78 is 27.3. The van der Waals surface area contributed by atoms with Crippen LogP contribution in [0, 0.1) is 0 Å². The van der Waals surface area contributed by atoms with E-state index in [1.54, 1.807) is 96.6 Å². The van der Waals surface area contributed by atoms with Crippen LogP contribution in [0.3, 0.4) is 0 Å². The molecule has 0 spiro atoms. The van der Waals surface area contributed by atoms with E-state index in [0.29, 0.717) is 113 Å². The van der Waals surface area contributed by atoms with E-state index >= 15 is 0 Å². The summed E-state index contributed by atoms with van der Waals surface area (Å²) in [6, 6.07) is 48.4. The van der Waals surface area contributed by atoms with Gasteiger partial charge in [0.25, 0.3) is 34.7 Å². The molecule has 0 atom stereocenters. The fraction of sp³-hybridized carbons (Fsp3) is 0.347. The monoisotopic (exact) mass is 1940 g/mol. The number of ether oxygens (including phenoxy) is 3. The molecule has 0 unspecified atom stereocenters. The Morgan fingerprint density at radius 2 is 0.762 bits per heavy atom. The van der Waals surface area contributed by atoms with Crippen LogP contribution in [0.25, 0.3) is 0 Å². The predicted octanol–water partition coefficient (Wildman–Crippen LogP) is 18.5. The van der Waals surface area contributed by atoms with Crippen molar-refractivity contribution < 1.29 is 48.0 Å². The third kappa shape index (κ3) is 25.7. The number of aliphatic hydroxyl groups excluding tert-OH is 1. The van der Waals surface area contributed by atoms with Crippen LogP contribution in [0.2, 0.25) is 58.3 Å². The number of carbonyl (C=O) groups is 4. The zero-order valence-corrected chi connectivity index (χ0v) is 81.3. The molecule has 0 radical (unpaired) electrons. The summed E-state index contributed by atoms with van der Waals surface area (Å²) in [7, 11) is -2.01. The van der Waals surface area contributed by atoms with Gasteiger partial charge in [0.15, 0.2) is 31.1 Å². The topological polar surface area (TPSA) is 320 Å². The summed E-state index contributed by atoms with van der Waals surface area (Å²) in [5, 5.41) is 23.2. The van der Waals surface area contributed by atoms with Gasteiger partial charge in [0.1, 0.15) is 43.1 Å². The van der Waals surface area contributed by atoms with E-state index in [1.807, 2.05) is 146 Å². The Morgan fingerprint density at radius 1 is 0.438 bits per heavy atom. The Morgan fingerprint density at radius 3 is 1.10 bits per heavy atom. The summed E-state index contributed by atoms with van der Waals surface area (Å²) in [5.74, 6) is -1.25. The van der Waals surface area contributed by atoms with Gasteiger partial charge in [-0.3, -0.25) is 38.4 Å². The van der Waals surface area contributed by atoms with Gasteiger partial charge in [-0.05, 0) is 161 Å². The molecule has 13 rings (SSSR count). The summed E-state index contributed by atoms with van der Waals surface area (Å²) >= 11 is 50.4. The van der Waals surface area contributed by atoms with Gasteiger partial charge in [0.05, 0.1) is 13.2 Å². The van der Waals surface area contributed by atoms with E-state index in [4.69, 9.17) is 111 Å². The van der Waals surface area contributed by atoms with E-state index in [0.717, 1.165) is 16.7 Å². The molecule has 11 aromatic rings. The number of amides is 4. The second-order valence-corrected chi connectivity index (χ2v) is 41.3. The average molecular weight is 1950 g/mol. The molecular weight excluding hydrogens is 1840 g/mol. The quantitative estimate of drug-likeness (QED) is 0.0316. The van der Waals surface area contributed by atoms with Crippen LogP contribution in [0.1, 0.15) is 180 Å². The Bertz CT molecular complexity index is 6040. The van der Waals surface area contributed by atoms with Gasteiger partial charge in [-0.1, -0.05) is 229 Å². The molecule has 0 saturated carbocycles. The predicted molar refractivity (Wildman–Crippen MR) is 513 cm³/mol. The van der Waals surface area contributed by atoms with Crippen LogP contribution in [-0.2, 0) is 63.0 Å². The van der Waals surface area contributed by atoms with Crippen molar-refractivity contribution in [3.05, 3.63) is 330 Å². The molecule has 7 aromatic carbocycles. The number of benzene rings is 7. The number of aromatic nitrogens is 8. The molecule has 0 saturated heterocycles. The molecule has 0 aliphatic carbocycles. The number of halogens is 8. The normalized spacial score (nSPS) is 12.5. The van der Waals surface area contributed by atoms with Crippen molar-refractivity contribution in [1.29, 1.82) is 0 Å². The van der Waals surface area contributed by atoms with E-state index in [1.165, 1.54) is 4.90 Å². The molecular formula is C95H104Cl8N12O14Si. The van der Waals surface area contributed by atoms with Gasteiger partial charge in [-0.15, -0.1) is 0 Å². The Kier molecular flexibility index (Phi) is 36.1. The SMILES string of the molecule is CC(C)N(CCO)C(=O)c1nc(Cc2c(Cl)cccc2Cl)[nH]c(=O)c1OCc1ccccc1.CC(C)N(CCO[Si](C)(C)C(C)(C)C)C(=O)c1nc(Cc2c(Cl)cccc2Cl)[nH]c(=O)c1OCc1ccccc1.CC(C)N1CCn2c(Cc3c(Cl)cccc3Cl)nc(=O)c(O)c2C1=O.CC(C)N1CCn2c(Cc3c(Cl)cccc3Cl)nc(=O)c(OCc3ccccc3)c2C1=O. The molecule has 0 fully saturated rings. The largest absolute Gasteiger partial charge is 0.501 e. The smallest absolute Gasteiger partial charge is 0.316 e. The molecule has 4 aromatic heterocycles. The summed E-state index contributed by atoms with van der Waals surface area (Å²) in [5.41, 5.74) is 2.51. The summed E-state index contributed by atoms with van der Waals surface area (Å²) in [6.45, 7) is 28.9. The maximum atomic E-state index is 14.0. The van der Waals surface area contributed by atoms with E-state index in [2.05, 4.69) is 63.8 Å². The highest BCUT2D eigenvalue weighted by molar-refractivity contribution is 6.74. The number of aromatic hydroxyl groups is 1. The molecule has 4 amide bonds. The van der Waals surface area contributed by atoms with Crippen molar-refractivity contribution in [1.82, 2.24) is 58.6 Å². The molecule has 6 heterocycles. The maximum Gasteiger partial charge on any atom is 0.316 e. The van der Waals surface area contributed by atoms with Crippen molar-refractivity contribution in [2.75, 3.05) is 39.4 Å². The minimum Gasteiger partial charge on any atom is -0.501 e. The third-order valence-electron chi connectivity index (χ3n) is 22.0. The Balaban J connectivity index is 0.000000182. The highest BCUT2D eigenvalue weighted by Crippen LogP contribution is 2.38. The van der Waals surface area contributed by atoms with Crippen LogP contribution < -0.4 is 36.4 Å². The second kappa shape index (κ2) is 46.1. The van der Waals surface area contributed by atoms with Gasteiger partial charge >= 0.3 is 11.1 Å². The number of rotatable bonds is 29. The number of carbonyl (C=O) groups excluding carboxylic acids is 4. The summed E-state index contributed by atoms with van der Waals surface area (Å²) in [4.78, 5) is 134. The van der Waals surface area contributed by atoms with Gasteiger partial charge in [0, 0.05) is 129 Å². The fourth-order valence-corrected chi connectivity index (χ4v) is 17.1. The third-order valence-corrected chi connectivity index (χ3v) is 29.4. The first-order chi connectivity index (χ1) is 61.7. The number of fused-ring (bicyclic) bond motifs is 2. The molecule has 35 heteroatoms. The lowest BCUT2D eigenvalue weighted by atomic mass is 10.1.